The van der Waals surface area contributed by atoms with Gasteiger partial charge in [-0.3, -0.25) is 14.6 Å². The molecule has 2 rings (SSSR count). The van der Waals surface area contributed by atoms with Crippen molar-refractivity contribution in [3.8, 4) is 0 Å². The van der Waals surface area contributed by atoms with Crippen LogP contribution in [0.25, 0.3) is 0 Å². The third-order valence-electron chi connectivity index (χ3n) is 3.39. The van der Waals surface area contributed by atoms with Crippen LogP contribution in [0.5, 0.6) is 0 Å². The number of carbonyl (C=O) groups is 3. The zero-order valence-electron chi connectivity index (χ0n) is 13.2. The summed E-state index contributed by atoms with van der Waals surface area (Å²) in [4.78, 5) is 39.9. The van der Waals surface area contributed by atoms with E-state index < -0.39 is 5.97 Å². The van der Waals surface area contributed by atoms with Crippen molar-refractivity contribution in [3.05, 3.63) is 29.6 Å². The fraction of sp³-hybridized carbons (Fsp3) is 0.467. The van der Waals surface area contributed by atoms with Gasteiger partial charge in [-0.2, -0.15) is 0 Å². The summed E-state index contributed by atoms with van der Waals surface area (Å²) < 4.78 is 9.68. The van der Waals surface area contributed by atoms with Crippen LogP contribution in [0.4, 0.5) is 0 Å². The van der Waals surface area contributed by atoms with E-state index >= 15 is 0 Å². The maximum absolute atomic E-state index is 12.5. The number of rotatable bonds is 5. The third-order valence-corrected chi connectivity index (χ3v) is 3.39. The number of methoxy groups -OCH3 is 1. The first-order chi connectivity index (χ1) is 11.1. The number of ether oxygens (including phenoxy) is 2. The molecule has 0 saturated carbocycles. The lowest BCUT2D eigenvalue weighted by atomic mass is 10.2. The molecule has 1 aromatic heterocycles. The molecule has 2 amide bonds. The molecule has 0 radical (unpaired) electrons. The van der Waals surface area contributed by atoms with Crippen molar-refractivity contribution in [2.75, 3.05) is 33.4 Å². The molecule has 1 fully saturated rings. The first-order valence-corrected chi connectivity index (χ1v) is 7.32. The van der Waals surface area contributed by atoms with E-state index in [2.05, 4.69) is 9.72 Å². The minimum Gasteiger partial charge on any atom is -0.465 e. The van der Waals surface area contributed by atoms with E-state index in [0.29, 0.717) is 26.1 Å². The number of nitrogens with zero attached hydrogens (tertiary/aromatic N) is 3. The fourth-order valence-corrected chi connectivity index (χ4v) is 2.24. The van der Waals surface area contributed by atoms with Gasteiger partial charge in [-0.1, -0.05) is 0 Å². The second kappa shape index (κ2) is 7.68. The van der Waals surface area contributed by atoms with Crippen LogP contribution < -0.4 is 0 Å². The molecule has 1 saturated heterocycles. The second-order valence-corrected chi connectivity index (χ2v) is 4.86. The highest BCUT2D eigenvalue weighted by Gasteiger charge is 2.31. The lowest BCUT2D eigenvalue weighted by molar-refractivity contribution is -0.145. The highest BCUT2D eigenvalue weighted by molar-refractivity contribution is 5.95. The number of aromatic nitrogens is 1. The van der Waals surface area contributed by atoms with Gasteiger partial charge in [0.2, 0.25) is 0 Å². The average Bonchev–Trinajstić information content (AvgIpc) is 3.08. The summed E-state index contributed by atoms with van der Waals surface area (Å²) in [5, 5.41) is 2.75. The summed E-state index contributed by atoms with van der Waals surface area (Å²) in [7, 11) is 1.27. The number of amides is 2. The molecule has 0 spiro atoms. The first-order valence-electron chi connectivity index (χ1n) is 7.32. The average molecular weight is 321 g/mol. The van der Waals surface area contributed by atoms with Gasteiger partial charge in [0.25, 0.3) is 11.8 Å². The van der Waals surface area contributed by atoms with Crippen molar-refractivity contribution in [2.45, 2.75) is 13.3 Å². The highest BCUT2D eigenvalue weighted by Crippen LogP contribution is 2.15. The molecule has 0 N–H and O–H groups in total. The van der Waals surface area contributed by atoms with Gasteiger partial charge >= 0.3 is 5.97 Å². The zero-order chi connectivity index (χ0) is 16.8. The molecular formula is C15H19N3O5. The Morgan fingerprint density at radius 2 is 1.96 bits per heavy atom. The fourth-order valence-electron chi connectivity index (χ4n) is 2.24. The van der Waals surface area contributed by atoms with E-state index in [1.807, 2.05) is 0 Å². The molecule has 1 aliphatic heterocycles. The number of hydrogen-bond acceptors (Lipinski definition) is 6. The maximum Gasteiger partial charge on any atom is 0.339 e. The molecule has 0 bridgehead atoms. The molecule has 0 unspecified atom stereocenters. The number of hydrazine groups is 1. The van der Waals surface area contributed by atoms with Crippen LogP contribution in [0.1, 0.15) is 34.2 Å². The van der Waals surface area contributed by atoms with Gasteiger partial charge in [0.1, 0.15) is 12.3 Å². The van der Waals surface area contributed by atoms with E-state index in [1.165, 1.54) is 35.5 Å². The minimum atomic E-state index is -0.522. The molecular weight excluding hydrogens is 302 g/mol. The molecule has 2 heterocycles. The number of hydrogen-bond donors (Lipinski definition) is 0. The monoisotopic (exact) mass is 321 g/mol. The van der Waals surface area contributed by atoms with Crippen LogP contribution in [0.15, 0.2) is 18.3 Å². The van der Waals surface area contributed by atoms with E-state index in [0.717, 1.165) is 0 Å². The minimum absolute atomic E-state index is 0.0605. The zero-order valence-corrected chi connectivity index (χ0v) is 13.2. The Kier molecular flexibility index (Phi) is 5.64. The molecule has 124 valence electrons. The first kappa shape index (κ1) is 16.9. The summed E-state index contributed by atoms with van der Waals surface area (Å²) >= 11 is 0. The van der Waals surface area contributed by atoms with Crippen molar-refractivity contribution in [3.63, 3.8) is 0 Å². The molecule has 8 nitrogen and oxygen atoms in total. The lowest BCUT2D eigenvalue weighted by Crippen LogP contribution is -2.46. The Bertz CT molecular complexity index is 587. The van der Waals surface area contributed by atoms with Crippen molar-refractivity contribution in [1.29, 1.82) is 0 Å². The van der Waals surface area contributed by atoms with Crippen molar-refractivity contribution < 1.29 is 23.9 Å². The van der Waals surface area contributed by atoms with Crippen LogP contribution in [-0.4, -0.2) is 66.2 Å². The topological polar surface area (TPSA) is 89.0 Å². The molecule has 23 heavy (non-hydrogen) atoms. The molecule has 0 aromatic carbocycles. The van der Waals surface area contributed by atoms with Gasteiger partial charge in [-0.25, -0.2) is 14.8 Å². The van der Waals surface area contributed by atoms with Gasteiger partial charge in [-0.05, 0) is 25.5 Å². The predicted molar refractivity (Wildman–Crippen MR) is 79.4 cm³/mol. The maximum atomic E-state index is 12.5. The molecule has 1 aliphatic rings. The van der Waals surface area contributed by atoms with Crippen LogP contribution >= 0.6 is 0 Å². The summed E-state index contributed by atoms with van der Waals surface area (Å²) in [5.74, 6) is -1.17. The van der Waals surface area contributed by atoms with E-state index in [-0.39, 0.29) is 29.7 Å². The normalized spacial score (nSPS) is 14.0. The van der Waals surface area contributed by atoms with Gasteiger partial charge < -0.3 is 9.47 Å². The Balaban J connectivity index is 2.09. The number of esters is 1. The van der Waals surface area contributed by atoms with Gasteiger partial charge in [0.05, 0.1) is 12.7 Å². The van der Waals surface area contributed by atoms with Gasteiger partial charge in [-0.15, -0.1) is 0 Å². The number of carbonyl (C=O) groups excluding carboxylic acids is 3. The van der Waals surface area contributed by atoms with Crippen LogP contribution in [0, 0.1) is 0 Å². The number of pyridine rings is 1. The van der Waals surface area contributed by atoms with Crippen LogP contribution in [-0.2, 0) is 14.3 Å². The standard InChI is InChI=1S/C15H19N3O5/c1-3-23-10-13(19)17-7-4-8-18(17)14(20)12-6-5-11(9-16-12)15(21)22-2/h5-6,9H,3-4,7-8,10H2,1-2H3. The molecule has 0 atom stereocenters. The second-order valence-electron chi connectivity index (χ2n) is 4.86. The van der Waals surface area contributed by atoms with E-state index in [4.69, 9.17) is 4.74 Å². The summed E-state index contributed by atoms with van der Waals surface area (Å²) in [5.41, 5.74) is 0.420. The van der Waals surface area contributed by atoms with Gasteiger partial charge in [0, 0.05) is 25.9 Å². The Labute approximate surface area is 133 Å². The smallest absolute Gasteiger partial charge is 0.339 e. The molecule has 0 aliphatic carbocycles. The van der Waals surface area contributed by atoms with E-state index in [9.17, 15) is 14.4 Å². The van der Waals surface area contributed by atoms with Gasteiger partial charge in [0.15, 0.2) is 0 Å². The summed E-state index contributed by atoms with van der Waals surface area (Å²) in [6.45, 7) is 3.08. The lowest BCUT2D eigenvalue weighted by Gasteiger charge is -2.27. The predicted octanol–water partition coefficient (Wildman–Crippen LogP) is 0.494. The molecule has 1 aromatic rings. The Hall–Kier alpha value is -2.48. The van der Waals surface area contributed by atoms with Crippen LogP contribution in [0.2, 0.25) is 0 Å². The molecule has 8 heteroatoms. The highest BCUT2D eigenvalue weighted by atomic mass is 16.5. The SMILES string of the molecule is CCOCC(=O)N1CCCN1C(=O)c1ccc(C(=O)OC)cn1. The third kappa shape index (κ3) is 3.84. The summed E-state index contributed by atoms with van der Waals surface area (Å²) in [6, 6.07) is 2.91. The van der Waals surface area contributed by atoms with E-state index in [1.54, 1.807) is 6.92 Å². The Morgan fingerprint density at radius 3 is 2.57 bits per heavy atom. The summed E-state index contributed by atoms with van der Waals surface area (Å²) in [6.07, 6.45) is 1.98. The largest absolute Gasteiger partial charge is 0.465 e. The van der Waals surface area contributed by atoms with Crippen molar-refractivity contribution in [2.24, 2.45) is 0 Å². The quantitative estimate of drug-likeness (QED) is 0.734. The van der Waals surface area contributed by atoms with Crippen LogP contribution in [0.3, 0.4) is 0 Å². The Morgan fingerprint density at radius 1 is 1.22 bits per heavy atom. The van der Waals surface area contributed by atoms with Crippen molar-refractivity contribution >= 4 is 17.8 Å². The van der Waals surface area contributed by atoms with Crippen molar-refractivity contribution in [1.82, 2.24) is 15.0 Å².